The van der Waals surface area contributed by atoms with Gasteiger partial charge in [-0.25, -0.2) is 0 Å². The summed E-state index contributed by atoms with van der Waals surface area (Å²) in [5.41, 5.74) is 5.49. The molecule has 0 bridgehead atoms. The maximum absolute atomic E-state index is 13.1. The first-order valence-corrected chi connectivity index (χ1v) is 10.2. The minimum Gasteiger partial charge on any atom is -0.368 e. The van der Waals surface area contributed by atoms with Gasteiger partial charge in [0, 0.05) is 38.6 Å². The molecule has 0 radical (unpaired) electrons. The van der Waals surface area contributed by atoms with E-state index in [0.717, 1.165) is 18.7 Å². The van der Waals surface area contributed by atoms with Crippen LogP contribution in [0.1, 0.15) is 33.6 Å². The molecule has 0 saturated heterocycles. The molecule has 0 heterocycles. The van der Waals surface area contributed by atoms with Gasteiger partial charge in [-0.1, -0.05) is 20.8 Å². The Morgan fingerprint density at radius 3 is 2.04 bits per heavy atom. The van der Waals surface area contributed by atoms with E-state index < -0.39 is 18.0 Å². The Bertz CT molecular complexity index is 471. The van der Waals surface area contributed by atoms with Crippen molar-refractivity contribution in [3.05, 3.63) is 0 Å². The Labute approximate surface area is 162 Å². The zero-order chi connectivity index (χ0) is 20.4. The summed E-state index contributed by atoms with van der Waals surface area (Å²) in [4.78, 5) is 42.2. The van der Waals surface area contributed by atoms with E-state index in [9.17, 15) is 14.4 Å². The average Bonchev–Trinajstić information content (AvgIpc) is 2.52. The molecule has 3 amide bonds. The molecule has 26 heavy (non-hydrogen) atoms. The van der Waals surface area contributed by atoms with E-state index in [-0.39, 0.29) is 17.7 Å². The number of primary amides is 1. The lowest BCUT2D eigenvalue weighted by Gasteiger charge is -2.35. The van der Waals surface area contributed by atoms with Crippen molar-refractivity contribution in [3.8, 4) is 0 Å². The van der Waals surface area contributed by atoms with Gasteiger partial charge in [0.15, 0.2) is 0 Å². The van der Waals surface area contributed by atoms with Gasteiger partial charge in [0.2, 0.25) is 17.7 Å². The summed E-state index contributed by atoms with van der Waals surface area (Å²) in [5.74, 6) is 0.420. The topological polar surface area (TPSA) is 87.0 Å². The summed E-state index contributed by atoms with van der Waals surface area (Å²) in [5, 5.41) is 0. The van der Waals surface area contributed by atoms with Crippen LogP contribution in [0.2, 0.25) is 0 Å². The predicted molar refractivity (Wildman–Crippen MR) is 108 cm³/mol. The van der Waals surface area contributed by atoms with E-state index in [2.05, 4.69) is 4.90 Å². The molecule has 0 aliphatic rings. The standard InChI is InChI=1S/C18H36N4O3S/c1-8-9-15(23)21(6)14(12-26-11-10-20(4)5)18(25)22(7)16(13(2)3)17(19)24/h13-14,16H,8-12H2,1-7H3,(H2,19,24)/t14-,16+/m1/s1. The third-order valence-corrected chi connectivity index (χ3v) is 5.28. The van der Waals surface area contributed by atoms with Gasteiger partial charge in [-0.15, -0.1) is 0 Å². The van der Waals surface area contributed by atoms with Crippen LogP contribution in [0.5, 0.6) is 0 Å². The second-order valence-electron chi connectivity index (χ2n) is 7.19. The highest BCUT2D eigenvalue weighted by Gasteiger charge is 2.35. The number of amides is 3. The van der Waals surface area contributed by atoms with Gasteiger partial charge in [-0.2, -0.15) is 11.8 Å². The highest BCUT2D eigenvalue weighted by atomic mass is 32.2. The lowest BCUT2D eigenvalue weighted by molar-refractivity contribution is -0.147. The van der Waals surface area contributed by atoms with Crippen LogP contribution in [0.15, 0.2) is 0 Å². The SMILES string of the molecule is CCCC(=O)N(C)[C@H](CSCCN(C)C)C(=O)N(C)[C@H](C(N)=O)C(C)C. The summed E-state index contributed by atoms with van der Waals surface area (Å²) in [6.07, 6.45) is 1.12. The maximum Gasteiger partial charge on any atom is 0.246 e. The number of likely N-dealkylation sites (N-methyl/N-ethyl adjacent to an activating group) is 2. The first-order valence-electron chi connectivity index (χ1n) is 9.08. The lowest BCUT2D eigenvalue weighted by Crippen LogP contribution is -2.56. The molecule has 0 aromatic carbocycles. The Hall–Kier alpha value is -1.28. The van der Waals surface area contributed by atoms with Crippen molar-refractivity contribution in [1.29, 1.82) is 0 Å². The van der Waals surface area contributed by atoms with E-state index in [1.165, 1.54) is 9.80 Å². The smallest absolute Gasteiger partial charge is 0.246 e. The van der Waals surface area contributed by atoms with E-state index in [0.29, 0.717) is 12.2 Å². The summed E-state index contributed by atoms with van der Waals surface area (Å²) in [6.45, 7) is 6.53. The zero-order valence-corrected chi connectivity index (χ0v) is 18.1. The molecule has 0 saturated carbocycles. The summed E-state index contributed by atoms with van der Waals surface area (Å²) < 4.78 is 0. The van der Waals surface area contributed by atoms with Crippen molar-refractivity contribution < 1.29 is 14.4 Å². The quantitative estimate of drug-likeness (QED) is 0.502. The van der Waals surface area contributed by atoms with E-state index in [1.807, 2.05) is 34.9 Å². The van der Waals surface area contributed by atoms with Crippen LogP contribution >= 0.6 is 11.8 Å². The van der Waals surface area contributed by atoms with Crippen molar-refractivity contribution in [2.45, 2.75) is 45.7 Å². The second kappa shape index (κ2) is 12.2. The fourth-order valence-electron chi connectivity index (χ4n) is 2.69. The molecular weight excluding hydrogens is 352 g/mol. The molecule has 0 spiro atoms. The zero-order valence-electron chi connectivity index (χ0n) is 17.3. The van der Waals surface area contributed by atoms with Crippen molar-refractivity contribution in [3.63, 3.8) is 0 Å². The van der Waals surface area contributed by atoms with Gasteiger partial charge in [-0.05, 0) is 26.4 Å². The molecule has 2 N–H and O–H groups in total. The molecule has 0 aromatic heterocycles. The van der Waals surface area contributed by atoms with Crippen LogP contribution in [0, 0.1) is 5.92 Å². The molecule has 2 atom stereocenters. The molecule has 0 unspecified atom stereocenters. The van der Waals surface area contributed by atoms with Crippen molar-refractivity contribution in [2.75, 3.05) is 46.2 Å². The number of carbonyl (C=O) groups is 3. The largest absolute Gasteiger partial charge is 0.368 e. The minimum atomic E-state index is -0.688. The van der Waals surface area contributed by atoms with E-state index >= 15 is 0 Å². The molecule has 152 valence electrons. The molecular formula is C18H36N4O3S. The molecule has 0 aromatic rings. The van der Waals surface area contributed by atoms with Gasteiger partial charge in [0.25, 0.3) is 0 Å². The number of carbonyl (C=O) groups excluding carboxylic acids is 3. The summed E-state index contributed by atoms with van der Waals surface area (Å²) >= 11 is 1.63. The number of hydrogen-bond donors (Lipinski definition) is 1. The number of thioether (sulfide) groups is 1. The van der Waals surface area contributed by atoms with Gasteiger partial charge in [0.05, 0.1) is 0 Å². The van der Waals surface area contributed by atoms with Crippen molar-refractivity contribution in [1.82, 2.24) is 14.7 Å². The maximum atomic E-state index is 13.1. The first kappa shape index (κ1) is 24.7. The van der Waals surface area contributed by atoms with Crippen LogP contribution in [-0.2, 0) is 14.4 Å². The van der Waals surface area contributed by atoms with Crippen LogP contribution in [0.4, 0.5) is 0 Å². The Kier molecular flexibility index (Phi) is 11.6. The van der Waals surface area contributed by atoms with Crippen molar-refractivity contribution in [2.24, 2.45) is 11.7 Å². The van der Waals surface area contributed by atoms with E-state index in [4.69, 9.17) is 5.73 Å². The normalized spacial score (nSPS) is 13.6. The molecule has 0 aliphatic carbocycles. The number of nitrogens with two attached hydrogens (primary N) is 1. The molecule has 0 rings (SSSR count). The van der Waals surface area contributed by atoms with Gasteiger partial charge >= 0.3 is 0 Å². The highest BCUT2D eigenvalue weighted by molar-refractivity contribution is 7.99. The Morgan fingerprint density at radius 2 is 1.62 bits per heavy atom. The minimum absolute atomic E-state index is 0.0624. The third kappa shape index (κ3) is 7.95. The third-order valence-electron chi connectivity index (χ3n) is 4.26. The monoisotopic (exact) mass is 388 g/mol. The van der Waals surface area contributed by atoms with Crippen LogP contribution < -0.4 is 5.73 Å². The van der Waals surface area contributed by atoms with Gasteiger partial charge in [-0.3, -0.25) is 14.4 Å². The van der Waals surface area contributed by atoms with Crippen LogP contribution in [-0.4, -0.2) is 90.7 Å². The van der Waals surface area contributed by atoms with Crippen LogP contribution in [0.3, 0.4) is 0 Å². The molecule has 8 heteroatoms. The van der Waals surface area contributed by atoms with Crippen LogP contribution in [0.25, 0.3) is 0 Å². The number of rotatable bonds is 12. The Morgan fingerprint density at radius 1 is 1.04 bits per heavy atom. The predicted octanol–water partition coefficient (Wildman–Crippen LogP) is 0.877. The van der Waals surface area contributed by atoms with E-state index in [1.54, 1.807) is 25.9 Å². The second-order valence-corrected chi connectivity index (χ2v) is 8.34. The molecule has 7 nitrogen and oxygen atoms in total. The first-order chi connectivity index (χ1) is 12.0. The fraction of sp³-hybridized carbons (Fsp3) is 0.833. The highest BCUT2D eigenvalue weighted by Crippen LogP contribution is 2.16. The number of nitrogens with zero attached hydrogens (tertiary/aromatic N) is 3. The number of hydrogen-bond acceptors (Lipinski definition) is 5. The summed E-state index contributed by atoms with van der Waals surface area (Å²) in [7, 11) is 7.24. The van der Waals surface area contributed by atoms with Gasteiger partial charge in [0.1, 0.15) is 12.1 Å². The fourth-order valence-corrected chi connectivity index (χ4v) is 3.94. The van der Waals surface area contributed by atoms with Gasteiger partial charge < -0.3 is 20.4 Å². The molecule has 0 aliphatic heterocycles. The average molecular weight is 389 g/mol. The van der Waals surface area contributed by atoms with Crippen molar-refractivity contribution >= 4 is 29.5 Å². The Balaban J connectivity index is 5.30. The lowest BCUT2D eigenvalue weighted by atomic mass is 10.0. The molecule has 0 fully saturated rings. The summed E-state index contributed by atoms with van der Waals surface area (Å²) in [6, 6.07) is -1.29.